The molecular formula is C15H18F3N3O4S. The molecule has 2 heterocycles. The Balaban J connectivity index is 1.97. The van der Waals surface area contributed by atoms with E-state index in [-0.39, 0.29) is 35.9 Å². The van der Waals surface area contributed by atoms with Gasteiger partial charge in [-0.2, -0.15) is 13.2 Å². The number of esters is 1. The minimum Gasteiger partial charge on any atom is -0.466 e. The van der Waals surface area contributed by atoms with Crippen LogP contribution in [0.4, 0.5) is 13.2 Å². The molecular weight excluding hydrogens is 375 g/mol. The van der Waals surface area contributed by atoms with Crippen molar-refractivity contribution < 1.29 is 27.5 Å². The quantitative estimate of drug-likeness (QED) is 0.465. The van der Waals surface area contributed by atoms with E-state index in [2.05, 4.69) is 9.97 Å². The summed E-state index contributed by atoms with van der Waals surface area (Å²) >= 11 is 0.712. The van der Waals surface area contributed by atoms with E-state index >= 15 is 0 Å². The van der Waals surface area contributed by atoms with E-state index in [0.29, 0.717) is 37.2 Å². The number of hydrogen-bond acceptors (Lipinski definition) is 6. The molecule has 1 atom stereocenters. The van der Waals surface area contributed by atoms with Gasteiger partial charge in [0.1, 0.15) is 0 Å². The predicted molar refractivity (Wildman–Crippen MR) is 86.5 cm³/mol. The molecule has 26 heavy (non-hydrogen) atoms. The van der Waals surface area contributed by atoms with Gasteiger partial charge in [0.15, 0.2) is 10.9 Å². The van der Waals surface area contributed by atoms with Crippen molar-refractivity contribution in [2.45, 2.75) is 31.1 Å². The van der Waals surface area contributed by atoms with Crippen molar-refractivity contribution in [2.24, 2.45) is 5.92 Å². The summed E-state index contributed by atoms with van der Waals surface area (Å²) in [7, 11) is 0. The lowest BCUT2D eigenvalue weighted by atomic mass is 9.98. The van der Waals surface area contributed by atoms with Crippen molar-refractivity contribution >= 4 is 23.6 Å². The van der Waals surface area contributed by atoms with E-state index < -0.39 is 23.3 Å². The molecule has 1 aromatic rings. The zero-order valence-corrected chi connectivity index (χ0v) is 14.8. The molecule has 0 saturated carbocycles. The maximum atomic E-state index is 12.7. The third-order valence-electron chi connectivity index (χ3n) is 3.74. The standard InChI is InChI=1S/C15H18F3N3O4S/c1-2-25-13(24)9-4-3-5-21(7-9)12(23)8-26-14-19-10(15(16,17)18)6-11(22)20-14/h6,9H,2-5,7-8H2,1H3,(H,19,20,22). The van der Waals surface area contributed by atoms with Gasteiger partial charge in [0, 0.05) is 19.2 Å². The molecule has 1 aliphatic heterocycles. The Morgan fingerprint density at radius 2 is 2.19 bits per heavy atom. The Labute approximate surface area is 151 Å². The Hall–Kier alpha value is -2.04. The van der Waals surface area contributed by atoms with Crippen molar-refractivity contribution in [3.63, 3.8) is 0 Å². The number of rotatable bonds is 5. The number of piperidine rings is 1. The number of alkyl halides is 3. The van der Waals surface area contributed by atoms with E-state index in [9.17, 15) is 27.6 Å². The van der Waals surface area contributed by atoms with E-state index in [1.54, 1.807) is 6.92 Å². The first-order chi connectivity index (χ1) is 12.2. The van der Waals surface area contributed by atoms with Crippen LogP contribution >= 0.6 is 11.8 Å². The Bertz CT molecular complexity index is 723. The number of nitrogens with one attached hydrogen (secondary N) is 1. The molecule has 0 radical (unpaired) electrons. The molecule has 1 N–H and O–H groups in total. The third-order valence-corrected chi connectivity index (χ3v) is 4.59. The predicted octanol–water partition coefficient (Wildman–Crippen LogP) is 1.68. The molecule has 1 saturated heterocycles. The highest BCUT2D eigenvalue weighted by Crippen LogP contribution is 2.27. The Morgan fingerprint density at radius 3 is 2.85 bits per heavy atom. The average Bonchev–Trinajstić information content (AvgIpc) is 2.59. The second-order valence-corrected chi connectivity index (χ2v) is 6.62. The van der Waals surface area contributed by atoms with E-state index in [4.69, 9.17) is 4.74 Å². The van der Waals surface area contributed by atoms with Gasteiger partial charge < -0.3 is 14.6 Å². The van der Waals surface area contributed by atoms with Gasteiger partial charge in [0.25, 0.3) is 5.56 Å². The minimum atomic E-state index is -4.74. The van der Waals surface area contributed by atoms with Crippen LogP contribution in [0.1, 0.15) is 25.5 Å². The SMILES string of the molecule is CCOC(=O)C1CCCN(C(=O)CSc2nc(C(F)(F)F)cc(=O)[nH]2)C1. The molecule has 1 aliphatic rings. The summed E-state index contributed by atoms with van der Waals surface area (Å²) in [5.74, 6) is -1.30. The molecule has 1 unspecified atom stereocenters. The number of nitrogens with zero attached hydrogens (tertiary/aromatic N) is 2. The maximum Gasteiger partial charge on any atom is 0.433 e. The van der Waals surface area contributed by atoms with Crippen LogP contribution in [-0.2, 0) is 20.5 Å². The van der Waals surface area contributed by atoms with Crippen molar-refractivity contribution in [3.8, 4) is 0 Å². The lowest BCUT2D eigenvalue weighted by Crippen LogP contribution is -2.43. The van der Waals surface area contributed by atoms with Gasteiger partial charge in [-0.3, -0.25) is 14.4 Å². The average molecular weight is 393 g/mol. The highest BCUT2D eigenvalue weighted by atomic mass is 32.2. The van der Waals surface area contributed by atoms with Gasteiger partial charge in [-0.1, -0.05) is 11.8 Å². The largest absolute Gasteiger partial charge is 0.466 e. The summed E-state index contributed by atoms with van der Waals surface area (Å²) in [6.45, 7) is 2.63. The molecule has 2 rings (SSSR count). The first kappa shape index (κ1) is 20.3. The van der Waals surface area contributed by atoms with E-state index in [1.165, 1.54) is 4.90 Å². The number of aromatic amines is 1. The number of carbonyl (C=O) groups excluding carboxylic acids is 2. The number of carbonyl (C=O) groups is 2. The smallest absolute Gasteiger partial charge is 0.433 e. The first-order valence-corrected chi connectivity index (χ1v) is 8.95. The second kappa shape index (κ2) is 8.56. The summed E-state index contributed by atoms with van der Waals surface area (Å²) in [5.41, 5.74) is -2.25. The number of thioether (sulfide) groups is 1. The highest BCUT2D eigenvalue weighted by Gasteiger charge is 2.34. The number of likely N-dealkylation sites (tertiary alicyclic amines) is 1. The molecule has 0 aliphatic carbocycles. The van der Waals surface area contributed by atoms with Crippen LogP contribution in [0.15, 0.2) is 16.0 Å². The number of amides is 1. The zero-order valence-electron chi connectivity index (χ0n) is 14.0. The van der Waals surface area contributed by atoms with Gasteiger partial charge in [-0.05, 0) is 19.8 Å². The van der Waals surface area contributed by atoms with Crippen molar-refractivity contribution in [2.75, 3.05) is 25.4 Å². The summed E-state index contributed by atoms with van der Waals surface area (Å²) in [6.07, 6.45) is -3.48. The fraction of sp³-hybridized carbons (Fsp3) is 0.600. The Kier molecular flexibility index (Phi) is 6.68. The van der Waals surface area contributed by atoms with Gasteiger partial charge in [-0.15, -0.1) is 0 Å². The van der Waals surface area contributed by atoms with Crippen molar-refractivity contribution in [1.29, 1.82) is 0 Å². The number of hydrogen-bond donors (Lipinski definition) is 1. The topological polar surface area (TPSA) is 92.4 Å². The summed E-state index contributed by atoms with van der Waals surface area (Å²) in [4.78, 5) is 42.4. The van der Waals surface area contributed by atoms with Crippen LogP contribution < -0.4 is 5.56 Å². The van der Waals surface area contributed by atoms with Crippen LogP contribution in [-0.4, -0.2) is 52.2 Å². The van der Waals surface area contributed by atoms with Crippen LogP contribution in [0.5, 0.6) is 0 Å². The lowest BCUT2D eigenvalue weighted by molar-refractivity contribution is -0.151. The minimum absolute atomic E-state index is 0.195. The molecule has 0 spiro atoms. The van der Waals surface area contributed by atoms with Crippen LogP contribution in [0.2, 0.25) is 0 Å². The van der Waals surface area contributed by atoms with Gasteiger partial charge >= 0.3 is 12.1 Å². The molecule has 1 fully saturated rings. The maximum absolute atomic E-state index is 12.7. The highest BCUT2D eigenvalue weighted by molar-refractivity contribution is 7.99. The summed E-state index contributed by atoms with van der Waals surface area (Å²) in [5, 5.41) is -0.280. The zero-order chi connectivity index (χ0) is 19.3. The fourth-order valence-electron chi connectivity index (χ4n) is 2.53. The number of aromatic nitrogens is 2. The van der Waals surface area contributed by atoms with E-state index in [0.717, 1.165) is 0 Å². The van der Waals surface area contributed by atoms with Crippen molar-refractivity contribution in [1.82, 2.24) is 14.9 Å². The molecule has 1 aromatic heterocycles. The first-order valence-electron chi connectivity index (χ1n) is 7.96. The van der Waals surface area contributed by atoms with Crippen LogP contribution in [0, 0.1) is 5.92 Å². The second-order valence-electron chi connectivity index (χ2n) is 5.65. The van der Waals surface area contributed by atoms with Gasteiger partial charge in [-0.25, -0.2) is 4.98 Å². The van der Waals surface area contributed by atoms with Gasteiger partial charge in [0.2, 0.25) is 5.91 Å². The third kappa shape index (κ3) is 5.48. The van der Waals surface area contributed by atoms with Crippen molar-refractivity contribution in [3.05, 3.63) is 22.1 Å². The fourth-order valence-corrected chi connectivity index (χ4v) is 3.30. The lowest BCUT2D eigenvalue weighted by Gasteiger charge is -2.31. The Morgan fingerprint density at radius 1 is 1.46 bits per heavy atom. The van der Waals surface area contributed by atoms with Gasteiger partial charge in [0.05, 0.1) is 18.3 Å². The molecule has 7 nitrogen and oxygen atoms in total. The summed E-state index contributed by atoms with van der Waals surface area (Å²) in [6, 6.07) is 0.362. The van der Waals surface area contributed by atoms with E-state index in [1.807, 2.05) is 0 Å². The number of halogens is 3. The molecule has 11 heteroatoms. The monoisotopic (exact) mass is 393 g/mol. The summed E-state index contributed by atoms with van der Waals surface area (Å²) < 4.78 is 43.0. The molecule has 0 bridgehead atoms. The number of ether oxygens (including phenoxy) is 1. The molecule has 144 valence electrons. The normalized spacial score (nSPS) is 17.8. The molecule has 0 aromatic carbocycles. The van der Waals surface area contributed by atoms with Crippen LogP contribution in [0.3, 0.4) is 0 Å². The number of H-pyrrole nitrogens is 1. The molecule has 1 amide bonds. The van der Waals surface area contributed by atoms with Crippen LogP contribution in [0.25, 0.3) is 0 Å².